The first-order valence-corrected chi connectivity index (χ1v) is 10.5. The number of nitrogens with one attached hydrogen (secondary N) is 2. The van der Waals surface area contributed by atoms with E-state index in [1.54, 1.807) is 0 Å². The van der Waals surface area contributed by atoms with Crippen molar-refractivity contribution in [2.45, 2.75) is 22.7 Å². The number of hydrogen-bond acceptors (Lipinski definition) is 7. The highest BCUT2D eigenvalue weighted by Gasteiger charge is 2.37. The monoisotopic (exact) mass is 395 g/mol. The molecule has 0 radical (unpaired) electrons. The Morgan fingerprint density at radius 3 is 3.15 bits per heavy atom. The second kappa shape index (κ2) is 7.13. The molecule has 0 fully saturated rings. The van der Waals surface area contributed by atoms with Crippen LogP contribution in [-0.2, 0) is 0 Å². The molecule has 0 saturated heterocycles. The normalized spacial score (nSPS) is 28.6. The number of guanidine groups is 1. The van der Waals surface area contributed by atoms with Gasteiger partial charge in [0, 0.05) is 59.5 Å². The Balaban J connectivity index is 1.36. The van der Waals surface area contributed by atoms with E-state index in [4.69, 9.17) is 4.99 Å². The van der Waals surface area contributed by atoms with Gasteiger partial charge in [-0.25, -0.2) is 9.98 Å². The number of allylic oxidation sites excluding steroid dienone is 1. The maximum Gasteiger partial charge on any atom is 0.222 e. The molecule has 2 N–H and O–H groups in total. The van der Waals surface area contributed by atoms with Crippen LogP contribution in [-0.4, -0.2) is 41.6 Å². The van der Waals surface area contributed by atoms with Crippen LogP contribution in [0.2, 0.25) is 0 Å². The Kier molecular flexibility index (Phi) is 4.49. The van der Waals surface area contributed by atoms with Crippen LogP contribution in [0.15, 0.2) is 74.2 Å². The highest BCUT2D eigenvalue weighted by molar-refractivity contribution is 8.04. The summed E-state index contributed by atoms with van der Waals surface area (Å²) in [4.78, 5) is 14.2. The molecule has 4 aliphatic rings. The first kappa shape index (κ1) is 17.0. The molecule has 3 atom stereocenters. The van der Waals surface area contributed by atoms with E-state index in [1.165, 1.54) is 10.5 Å². The first-order valence-electron chi connectivity index (χ1n) is 9.18. The molecule has 3 aliphatic heterocycles. The summed E-state index contributed by atoms with van der Waals surface area (Å²) >= 11 is 6.36. The Hall–Kier alpha value is -2.12. The summed E-state index contributed by atoms with van der Waals surface area (Å²) in [5.74, 6) is 0.927. The lowest BCUT2D eigenvalue weighted by Gasteiger charge is -2.30. The standard InChI is InChI=1S/C20H21N5S2/c26-15-3-1-2-14(10-15)23-20-22-12-13-4-5-17-16(19(13)24-20)11-18(27-17)25-8-6-21-7-9-25/h1-6,8,10,12-13,18-19,21,26H,7,9,11H2,(H,23,24). The SMILES string of the molecule is Sc1cccc(NC2=NC3C4=C(C=CC3C=N2)SC(N2C=CNCC2)C4)c1. The van der Waals surface area contributed by atoms with Crippen LogP contribution in [0.4, 0.5) is 5.69 Å². The number of fused-ring (bicyclic) bond motifs is 2. The maximum absolute atomic E-state index is 4.96. The third-order valence-electron chi connectivity index (χ3n) is 5.17. The van der Waals surface area contributed by atoms with Crippen LogP contribution in [0.1, 0.15) is 6.42 Å². The van der Waals surface area contributed by atoms with Gasteiger partial charge in [-0.3, -0.25) is 0 Å². The van der Waals surface area contributed by atoms with Crippen molar-refractivity contribution in [3.8, 4) is 0 Å². The predicted molar refractivity (Wildman–Crippen MR) is 117 cm³/mol. The van der Waals surface area contributed by atoms with Crippen LogP contribution >= 0.6 is 24.4 Å². The van der Waals surface area contributed by atoms with Gasteiger partial charge in [0.25, 0.3) is 0 Å². The summed E-state index contributed by atoms with van der Waals surface area (Å²) in [7, 11) is 0. The highest BCUT2D eigenvalue weighted by Crippen LogP contribution is 2.46. The van der Waals surface area contributed by atoms with Gasteiger partial charge in [0.05, 0.1) is 11.4 Å². The Morgan fingerprint density at radius 2 is 2.30 bits per heavy atom. The molecular weight excluding hydrogens is 374 g/mol. The lowest BCUT2D eigenvalue weighted by atomic mass is 9.87. The van der Waals surface area contributed by atoms with Crippen LogP contribution in [0, 0.1) is 5.92 Å². The van der Waals surface area contributed by atoms with Crippen molar-refractivity contribution in [2.24, 2.45) is 15.9 Å². The molecule has 7 heteroatoms. The Labute approximate surface area is 168 Å². The molecule has 0 aromatic heterocycles. The van der Waals surface area contributed by atoms with Gasteiger partial charge in [-0.15, -0.1) is 24.4 Å². The molecule has 1 aliphatic carbocycles. The van der Waals surface area contributed by atoms with E-state index >= 15 is 0 Å². The van der Waals surface area contributed by atoms with Crippen molar-refractivity contribution in [1.82, 2.24) is 10.2 Å². The third kappa shape index (κ3) is 3.41. The van der Waals surface area contributed by atoms with Gasteiger partial charge < -0.3 is 15.5 Å². The van der Waals surface area contributed by atoms with Gasteiger partial charge in [0.2, 0.25) is 5.96 Å². The summed E-state index contributed by atoms with van der Waals surface area (Å²) in [6.45, 7) is 2.05. The van der Waals surface area contributed by atoms with Crippen molar-refractivity contribution >= 4 is 42.3 Å². The van der Waals surface area contributed by atoms with Crippen molar-refractivity contribution in [2.75, 3.05) is 18.4 Å². The van der Waals surface area contributed by atoms with Crippen LogP contribution in [0.3, 0.4) is 0 Å². The molecule has 5 rings (SSSR count). The quantitative estimate of drug-likeness (QED) is 0.671. The number of aliphatic imine (C=N–C) groups is 2. The van der Waals surface area contributed by atoms with Gasteiger partial charge in [-0.1, -0.05) is 18.2 Å². The number of nitrogens with zero attached hydrogens (tertiary/aromatic N) is 3. The zero-order valence-corrected chi connectivity index (χ0v) is 16.5. The molecule has 1 aromatic carbocycles. The topological polar surface area (TPSA) is 52.0 Å². The average Bonchev–Trinajstić information content (AvgIpc) is 3.14. The predicted octanol–water partition coefficient (Wildman–Crippen LogP) is 3.48. The molecule has 3 heterocycles. The second-order valence-corrected chi connectivity index (χ2v) is 8.70. The number of thiol groups is 1. The maximum atomic E-state index is 4.96. The smallest absolute Gasteiger partial charge is 0.222 e. The van der Waals surface area contributed by atoms with Gasteiger partial charge in [0.1, 0.15) is 0 Å². The number of thioether (sulfide) groups is 1. The number of rotatable bonds is 2. The minimum atomic E-state index is 0.147. The molecule has 5 nitrogen and oxygen atoms in total. The van der Waals surface area contributed by atoms with Crippen LogP contribution in [0.5, 0.6) is 0 Å². The van der Waals surface area contributed by atoms with Crippen LogP contribution < -0.4 is 10.6 Å². The fraction of sp³-hybridized carbons (Fsp3) is 0.300. The van der Waals surface area contributed by atoms with Crippen molar-refractivity contribution in [3.63, 3.8) is 0 Å². The highest BCUT2D eigenvalue weighted by atomic mass is 32.2. The van der Waals surface area contributed by atoms with Gasteiger partial charge in [0.15, 0.2) is 0 Å². The first-order chi connectivity index (χ1) is 13.3. The van der Waals surface area contributed by atoms with Gasteiger partial charge in [-0.05, 0) is 23.8 Å². The molecule has 0 spiro atoms. The molecule has 0 saturated carbocycles. The second-order valence-electron chi connectivity index (χ2n) is 6.96. The third-order valence-corrected chi connectivity index (χ3v) is 6.81. The Morgan fingerprint density at radius 1 is 1.33 bits per heavy atom. The number of hydrogen-bond donors (Lipinski definition) is 3. The minimum Gasteiger partial charge on any atom is -0.388 e. The lowest BCUT2D eigenvalue weighted by Crippen LogP contribution is -2.37. The lowest BCUT2D eigenvalue weighted by molar-refractivity contribution is 0.337. The van der Waals surface area contributed by atoms with E-state index in [0.717, 1.165) is 30.1 Å². The average molecular weight is 396 g/mol. The van der Waals surface area contributed by atoms with Crippen molar-refractivity contribution in [3.05, 3.63) is 59.3 Å². The summed E-state index contributed by atoms with van der Waals surface area (Å²) in [6.07, 6.45) is 11.8. The molecule has 3 unspecified atom stereocenters. The Bertz CT molecular complexity index is 901. The molecule has 0 amide bonds. The van der Waals surface area contributed by atoms with E-state index in [9.17, 15) is 0 Å². The molecule has 27 heavy (non-hydrogen) atoms. The summed E-state index contributed by atoms with van der Waals surface area (Å²) in [5.41, 5.74) is 2.40. The summed E-state index contributed by atoms with van der Waals surface area (Å²) < 4.78 is 0. The molecule has 138 valence electrons. The molecule has 1 aromatic rings. The van der Waals surface area contributed by atoms with Crippen molar-refractivity contribution in [1.29, 1.82) is 0 Å². The minimum absolute atomic E-state index is 0.147. The van der Waals surface area contributed by atoms with Gasteiger partial charge in [-0.2, -0.15) is 0 Å². The zero-order valence-electron chi connectivity index (χ0n) is 14.7. The van der Waals surface area contributed by atoms with E-state index in [1.807, 2.05) is 48.4 Å². The van der Waals surface area contributed by atoms with Crippen LogP contribution in [0.25, 0.3) is 0 Å². The number of benzene rings is 1. The molecule has 0 bridgehead atoms. The zero-order chi connectivity index (χ0) is 18.2. The van der Waals surface area contributed by atoms with E-state index in [2.05, 4.69) is 51.5 Å². The summed E-state index contributed by atoms with van der Waals surface area (Å²) in [6, 6.07) is 8.07. The van der Waals surface area contributed by atoms with E-state index in [-0.39, 0.29) is 12.0 Å². The number of anilines is 1. The van der Waals surface area contributed by atoms with Gasteiger partial charge >= 0.3 is 0 Å². The fourth-order valence-electron chi connectivity index (χ4n) is 3.82. The van der Waals surface area contributed by atoms with E-state index in [0.29, 0.717) is 11.3 Å². The van der Waals surface area contributed by atoms with E-state index < -0.39 is 0 Å². The fourth-order valence-corrected chi connectivity index (χ4v) is 5.43. The van der Waals surface area contributed by atoms with Crippen molar-refractivity contribution < 1.29 is 0 Å². The largest absolute Gasteiger partial charge is 0.388 e. The molecular formula is C20H21N5S2. The summed E-state index contributed by atoms with van der Waals surface area (Å²) in [5, 5.41) is 7.06.